The van der Waals surface area contributed by atoms with E-state index in [-0.39, 0.29) is 0 Å². The maximum Gasteiger partial charge on any atom is 0.344 e. The summed E-state index contributed by atoms with van der Waals surface area (Å²) in [6, 6.07) is 0. The van der Waals surface area contributed by atoms with Crippen molar-refractivity contribution in [2.45, 2.75) is 12.8 Å². The van der Waals surface area contributed by atoms with Crippen molar-refractivity contribution < 1.29 is 32.2 Å². The molecule has 0 aliphatic carbocycles. The monoisotopic (exact) mass is 266 g/mol. The SMILES string of the molecule is COC(=O)c1c(F)c(F)c(C(C)CO)c(F)c1F. The van der Waals surface area contributed by atoms with Crippen LogP contribution in [-0.4, -0.2) is 24.8 Å². The molecule has 0 fully saturated rings. The fourth-order valence-corrected chi connectivity index (χ4v) is 1.45. The Balaban J connectivity index is 3.60. The molecule has 1 aromatic carbocycles. The van der Waals surface area contributed by atoms with Crippen LogP contribution in [0.4, 0.5) is 17.6 Å². The van der Waals surface area contributed by atoms with Crippen LogP contribution in [0.25, 0.3) is 0 Å². The lowest BCUT2D eigenvalue weighted by Crippen LogP contribution is -2.16. The van der Waals surface area contributed by atoms with Crippen molar-refractivity contribution in [3.63, 3.8) is 0 Å². The van der Waals surface area contributed by atoms with E-state index in [1.165, 1.54) is 6.92 Å². The highest BCUT2D eigenvalue weighted by atomic mass is 19.2. The first-order valence-corrected chi connectivity index (χ1v) is 4.91. The Morgan fingerprint density at radius 2 is 1.61 bits per heavy atom. The third-order valence-corrected chi connectivity index (χ3v) is 2.45. The molecular formula is C11H10F4O3. The van der Waals surface area contributed by atoms with E-state index in [2.05, 4.69) is 4.74 Å². The summed E-state index contributed by atoms with van der Waals surface area (Å²) in [4.78, 5) is 11.0. The highest BCUT2D eigenvalue weighted by Crippen LogP contribution is 2.29. The fourth-order valence-electron chi connectivity index (χ4n) is 1.45. The lowest BCUT2D eigenvalue weighted by molar-refractivity contribution is 0.0586. The lowest BCUT2D eigenvalue weighted by atomic mass is 9.98. The van der Waals surface area contributed by atoms with Gasteiger partial charge in [0.1, 0.15) is 5.56 Å². The van der Waals surface area contributed by atoms with E-state index in [9.17, 15) is 22.4 Å². The normalized spacial score (nSPS) is 12.4. The average molecular weight is 266 g/mol. The van der Waals surface area contributed by atoms with E-state index < -0.39 is 52.9 Å². The number of aliphatic hydroxyl groups is 1. The second-order valence-electron chi connectivity index (χ2n) is 3.62. The van der Waals surface area contributed by atoms with Crippen LogP contribution >= 0.6 is 0 Å². The topological polar surface area (TPSA) is 46.5 Å². The Bertz CT molecular complexity index is 459. The van der Waals surface area contributed by atoms with Gasteiger partial charge in [-0.3, -0.25) is 0 Å². The summed E-state index contributed by atoms with van der Waals surface area (Å²) >= 11 is 0. The molecule has 1 rings (SSSR count). The first kappa shape index (κ1) is 14.4. The van der Waals surface area contributed by atoms with Crippen molar-refractivity contribution in [1.82, 2.24) is 0 Å². The Kier molecular flexibility index (Phi) is 4.28. The minimum absolute atomic E-state index is 0.704. The summed E-state index contributed by atoms with van der Waals surface area (Å²) in [7, 11) is 0.821. The van der Waals surface area contributed by atoms with Crippen LogP contribution < -0.4 is 0 Å². The summed E-state index contributed by atoms with van der Waals surface area (Å²) in [6.45, 7) is 0.475. The molecule has 1 atom stereocenters. The number of carbonyl (C=O) groups is 1. The highest BCUT2D eigenvalue weighted by molar-refractivity contribution is 5.90. The molecular weight excluding hydrogens is 256 g/mol. The van der Waals surface area contributed by atoms with Gasteiger partial charge < -0.3 is 9.84 Å². The molecule has 1 aromatic rings. The number of esters is 1. The maximum absolute atomic E-state index is 13.5. The number of halogens is 4. The van der Waals surface area contributed by atoms with Gasteiger partial charge >= 0.3 is 5.97 Å². The second kappa shape index (κ2) is 5.34. The first-order chi connectivity index (χ1) is 8.36. The van der Waals surface area contributed by atoms with Gasteiger partial charge in [0.25, 0.3) is 0 Å². The molecule has 0 aliphatic heterocycles. The summed E-state index contributed by atoms with van der Waals surface area (Å²) in [6.07, 6.45) is 0. The fraction of sp³-hybridized carbons (Fsp3) is 0.364. The van der Waals surface area contributed by atoms with Crippen molar-refractivity contribution in [3.05, 3.63) is 34.4 Å². The van der Waals surface area contributed by atoms with Crippen molar-refractivity contribution in [1.29, 1.82) is 0 Å². The second-order valence-corrected chi connectivity index (χ2v) is 3.62. The summed E-state index contributed by atoms with van der Waals surface area (Å²) < 4.78 is 58.1. The van der Waals surface area contributed by atoms with E-state index in [0.717, 1.165) is 7.11 Å². The van der Waals surface area contributed by atoms with Crippen LogP contribution in [0.3, 0.4) is 0 Å². The van der Waals surface area contributed by atoms with Crippen LogP contribution in [-0.2, 0) is 4.74 Å². The van der Waals surface area contributed by atoms with E-state index in [0.29, 0.717) is 0 Å². The average Bonchev–Trinajstić information content (AvgIpc) is 2.36. The number of hydrogen-bond acceptors (Lipinski definition) is 3. The van der Waals surface area contributed by atoms with Crippen LogP contribution in [0, 0.1) is 23.3 Å². The van der Waals surface area contributed by atoms with Gasteiger partial charge in [-0.05, 0) is 0 Å². The molecule has 0 amide bonds. The van der Waals surface area contributed by atoms with Gasteiger partial charge in [0.2, 0.25) is 0 Å². The summed E-state index contributed by atoms with van der Waals surface area (Å²) in [5.41, 5.74) is -2.37. The van der Waals surface area contributed by atoms with E-state index in [4.69, 9.17) is 5.11 Å². The molecule has 0 saturated heterocycles. The van der Waals surface area contributed by atoms with Crippen LogP contribution in [0.1, 0.15) is 28.8 Å². The standard InChI is InChI=1S/C11H10F4O3/c1-4(3-16)5-7(12)9(14)6(11(17)18-2)10(15)8(5)13/h4,16H,3H2,1-2H3. The van der Waals surface area contributed by atoms with Gasteiger partial charge in [-0.1, -0.05) is 6.92 Å². The van der Waals surface area contributed by atoms with Gasteiger partial charge in [0.15, 0.2) is 23.3 Å². The number of methoxy groups -OCH3 is 1. The van der Waals surface area contributed by atoms with Crippen LogP contribution in [0.5, 0.6) is 0 Å². The first-order valence-electron chi connectivity index (χ1n) is 4.91. The number of benzene rings is 1. The third kappa shape index (κ3) is 2.17. The molecule has 3 nitrogen and oxygen atoms in total. The highest BCUT2D eigenvalue weighted by Gasteiger charge is 2.31. The smallest absolute Gasteiger partial charge is 0.344 e. The molecule has 0 bridgehead atoms. The van der Waals surface area contributed by atoms with Gasteiger partial charge in [-0.15, -0.1) is 0 Å². The zero-order chi connectivity index (χ0) is 14.0. The largest absolute Gasteiger partial charge is 0.465 e. The molecule has 0 heterocycles. The zero-order valence-corrected chi connectivity index (χ0v) is 9.56. The maximum atomic E-state index is 13.5. The van der Waals surface area contributed by atoms with Gasteiger partial charge in [-0.25, -0.2) is 22.4 Å². The number of aliphatic hydroxyl groups excluding tert-OH is 1. The number of rotatable bonds is 3. The molecule has 1 N–H and O–H groups in total. The molecule has 0 radical (unpaired) electrons. The molecule has 0 aliphatic rings. The minimum Gasteiger partial charge on any atom is -0.465 e. The van der Waals surface area contributed by atoms with E-state index in [1.807, 2.05) is 0 Å². The van der Waals surface area contributed by atoms with Crippen molar-refractivity contribution in [3.8, 4) is 0 Å². The van der Waals surface area contributed by atoms with Gasteiger partial charge in [0, 0.05) is 18.1 Å². The minimum atomic E-state index is -1.84. The molecule has 100 valence electrons. The summed E-state index contributed by atoms with van der Waals surface area (Å²) in [5, 5.41) is 8.77. The van der Waals surface area contributed by atoms with Gasteiger partial charge in [-0.2, -0.15) is 0 Å². The van der Waals surface area contributed by atoms with Gasteiger partial charge in [0.05, 0.1) is 7.11 Å². The lowest BCUT2D eigenvalue weighted by Gasteiger charge is -2.14. The number of carbonyl (C=O) groups excluding carboxylic acids is 1. The molecule has 0 aromatic heterocycles. The van der Waals surface area contributed by atoms with Crippen LogP contribution in [0.2, 0.25) is 0 Å². The predicted octanol–water partition coefficient (Wildman–Crippen LogP) is 2.13. The van der Waals surface area contributed by atoms with Crippen molar-refractivity contribution >= 4 is 5.97 Å². The molecule has 7 heteroatoms. The van der Waals surface area contributed by atoms with E-state index >= 15 is 0 Å². The predicted molar refractivity (Wildman–Crippen MR) is 53.1 cm³/mol. The van der Waals surface area contributed by atoms with Crippen LogP contribution in [0.15, 0.2) is 0 Å². The van der Waals surface area contributed by atoms with Crippen molar-refractivity contribution in [2.24, 2.45) is 0 Å². The van der Waals surface area contributed by atoms with E-state index in [1.54, 1.807) is 0 Å². The summed E-state index contributed by atoms with van der Waals surface area (Å²) in [5.74, 6) is -9.77. The molecule has 0 saturated carbocycles. The Labute approximate surface area is 100.0 Å². The number of ether oxygens (including phenoxy) is 1. The Morgan fingerprint density at radius 1 is 1.17 bits per heavy atom. The Hall–Kier alpha value is -1.63. The number of hydrogen-bond donors (Lipinski definition) is 1. The molecule has 1 unspecified atom stereocenters. The molecule has 0 spiro atoms. The molecule has 18 heavy (non-hydrogen) atoms. The third-order valence-electron chi connectivity index (χ3n) is 2.45. The zero-order valence-electron chi connectivity index (χ0n) is 9.56. The Morgan fingerprint density at radius 3 is 1.94 bits per heavy atom. The quantitative estimate of drug-likeness (QED) is 0.518. The van der Waals surface area contributed by atoms with Crippen molar-refractivity contribution in [2.75, 3.05) is 13.7 Å².